The number of anilines is 1. The second-order valence-electron chi connectivity index (χ2n) is 6.02. The van der Waals surface area contributed by atoms with Crippen molar-refractivity contribution in [1.82, 2.24) is 0 Å². The summed E-state index contributed by atoms with van der Waals surface area (Å²) in [5.74, 6) is -2.78. The van der Waals surface area contributed by atoms with Crippen molar-refractivity contribution in [1.29, 1.82) is 0 Å². The molecule has 0 aliphatic rings. The van der Waals surface area contributed by atoms with E-state index in [9.17, 15) is 18.4 Å². The molecule has 0 spiro atoms. The molecule has 0 radical (unpaired) electrons. The lowest BCUT2D eigenvalue weighted by molar-refractivity contribution is -0.119. The highest BCUT2D eigenvalue weighted by Gasteiger charge is 2.16. The van der Waals surface area contributed by atoms with Crippen molar-refractivity contribution >= 4 is 17.6 Å². The highest BCUT2D eigenvalue weighted by Crippen LogP contribution is 2.21. The average Bonchev–Trinajstić information content (AvgIpc) is 2.74. The third kappa shape index (κ3) is 5.62. The van der Waals surface area contributed by atoms with Crippen molar-refractivity contribution in [3.05, 3.63) is 95.6 Å². The van der Waals surface area contributed by atoms with Gasteiger partial charge in [0.1, 0.15) is 29.6 Å². The zero-order valence-corrected chi connectivity index (χ0v) is 15.2. The molecule has 0 saturated heterocycles. The summed E-state index contributed by atoms with van der Waals surface area (Å²) >= 11 is 0. The van der Waals surface area contributed by atoms with Crippen LogP contribution in [0.1, 0.15) is 15.9 Å². The monoisotopic (exact) mass is 397 g/mol. The van der Waals surface area contributed by atoms with Gasteiger partial charge in [-0.1, -0.05) is 42.5 Å². The first-order valence-corrected chi connectivity index (χ1v) is 8.70. The van der Waals surface area contributed by atoms with E-state index in [1.807, 2.05) is 30.3 Å². The molecular weight excluding hydrogens is 380 g/mol. The number of halogens is 2. The van der Waals surface area contributed by atoms with E-state index in [0.717, 1.165) is 23.8 Å². The van der Waals surface area contributed by atoms with Crippen molar-refractivity contribution in [2.45, 2.75) is 6.61 Å². The molecule has 148 valence electrons. The molecule has 0 aliphatic heterocycles. The van der Waals surface area contributed by atoms with Crippen LogP contribution in [0.5, 0.6) is 5.75 Å². The fraction of sp³-hybridized carbons (Fsp3) is 0.0909. The third-order valence-electron chi connectivity index (χ3n) is 3.88. The Kier molecular flexibility index (Phi) is 6.52. The van der Waals surface area contributed by atoms with Gasteiger partial charge in [-0.3, -0.25) is 4.79 Å². The molecule has 29 heavy (non-hydrogen) atoms. The zero-order chi connectivity index (χ0) is 20.6. The fourth-order valence-electron chi connectivity index (χ4n) is 2.48. The Morgan fingerprint density at radius 2 is 1.62 bits per heavy atom. The second kappa shape index (κ2) is 9.45. The maximum absolute atomic E-state index is 13.6. The van der Waals surface area contributed by atoms with Crippen LogP contribution in [-0.4, -0.2) is 18.5 Å². The summed E-state index contributed by atoms with van der Waals surface area (Å²) in [5.41, 5.74) is 0.734. The van der Waals surface area contributed by atoms with Crippen LogP contribution < -0.4 is 10.1 Å². The van der Waals surface area contributed by atoms with Crippen LogP contribution in [0.3, 0.4) is 0 Å². The van der Waals surface area contributed by atoms with E-state index in [2.05, 4.69) is 5.32 Å². The van der Waals surface area contributed by atoms with Gasteiger partial charge in [-0.2, -0.15) is 0 Å². The number of rotatable bonds is 7. The number of hydrogen-bond acceptors (Lipinski definition) is 4. The first-order chi connectivity index (χ1) is 14.0. The fourth-order valence-corrected chi connectivity index (χ4v) is 2.48. The molecular formula is C22H17F2NO4. The van der Waals surface area contributed by atoms with E-state index in [1.165, 1.54) is 6.07 Å². The average molecular weight is 397 g/mol. The van der Waals surface area contributed by atoms with Crippen molar-refractivity contribution in [3.63, 3.8) is 0 Å². The zero-order valence-electron chi connectivity index (χ0n) is 15.2. The first kappa shape index (κ1) is 20.0. The number of carbonyl (C=O) groups is 2. The largest absolute Gasteiger partial charge is 0.488 e. The molecule has 0 aromatic heterocycles. The molecule has 0 fully saturated rings. The van der Waals surface area contributed by atoms with Gasteiger partial charge in [0.25, 0.3) is 5.91 Å². The van der Waals surface area contributed by atoms with Crippen LogP contribution in [0.2, 0.25) is 0 Å². The Balaban J connectivity index is 1.59. The predicted molar refractivity (Wildman–Crippen MR) is 102 cm³/mol. The van der Waals surface area contributed by atoms with Crippen molar-refractivity contribution in [2.24, 2.45) is 0 Å². The Labute approximate surface area is 165 Å². The summed E-state index contributed by atoms with van der Waals surface area (Å²) < 4.78 is 37.4. The van der Waals surface area contributed by atoms with Gasteiger partial charge in [0.2, 0.25) is 0 Å². The second-order valence-corrected chi connectivity index (χ2v) is 6.02. The van der Waals surface area contributed by atoms with E-state index in [4.69, 9.17) is 9.47 Å². The number of carbonyl (C=O) groups excluding carboxylic acids is 2. The highest BCUT2D eigenvalue weighted by molar-refractivity contribution is 5.96. The van der Waals surface area contributed by atoms with E-state index >= 15 is 0 Å². The molecule has 7 heteroatoms. The van der Waals surface area contributed by atoms with Gasteiger partial charge >= 0.3 is 5.97 Å². The van der Waals surface area contributed by atoms with E-state index in [-0.39, 0.29) is 17.9 Å². The minimum absolute atomic E-state index is 0.146. The van der Waals surface area contributed by atoms with Gasteiger partial charge in [0, 0.05) is 6.07 Å². The molecule has 3 rings (SSSR count). The van der Waals surface area contributed by atoms with Crippen molar-refractivity contribution < 1.29 is 27.8 Å². The quantitative estimate of drug-likeness (QED) is 0.603. The first-order valence-electron chi connectivity index (χ1n) is 8.70. The van der Waals surface area contributed by atoms with E-state index < -0.39 is 30.1 Å². The van der Waals surface area contributed by atoms with E-state index in [1.54, 1.807) is 18.2 Å². The topological polar surface area (TPSA) is 64.6 Å². The number of hydrogen-bond donors (Lipinski definition) is 1. The van der Waals surface area contributed by atoms with Crippen LogP contribution in [0.25, 0.3) is 0 Å². The molecule has 1 amide bonds. The summed E-state index contributed by atoms with van der Waals surface area (Å²) in [6.07, 6.45) is 0. The van der Waals surface area contributed by atoms with Gasteiger partial charge in [-0.25, -0.2) is 13.6 Å². The number of nitrogens with one attached hydrogen (secondary N) is 1. The minimum atomic E-state index is -0.800. The standard InChI is InChI=1S/C22H17F2NO4/c23-16-10-11-18(24)19(12-16)25-21(26)14-29-22(27)17-8-4-5-9-20(17)28-13-15-6-2-1-3-7-15/h1-12H,13-14H2,(H,25,26). The minimum Gasteiger partial charge on any atom is -0.488 e. The third-order valence-corrected chi connectivity index (χ3v) is 3.88. The van der Waals surface area contributed by atoms with Gasteiger partial charge in [-0.05, 0) is 29.8 Å². The van der Waals surface area contributed by atoms with Gasteiger partial charge < -0.3 is 14.8 Å². The molecule has 0 heterocycles. The van der Waals surface area contributed by atoms with E-state index in [0.29, 0.717) is 5.75 Å². The molecule has 5 nitrogen and oxygen atoms in total. The molecule has 0 atom stereocenters. The number of benzene rings is 3. The Morgan fingerprint density at radius 1 is 0.897 bits per heavy atom. The van der Waals surface area contributed by atoms with Gasteiger partial charge in [0.05, 0.1) is 5.69 Å². The molecule has 3 aromatic rings. The van der Waals surface area contributed by atoms with Crippen LogP contribution in [-0.2, 0) is 16.1 Å². The number of esters is 1. The summed E-state index contributed by atoms with van der Waals surface area (Å²) in [6.45, 7) is -0.410. The van der Waals surface area contributed by atoms with Gasteiger partial charge in [-0.15, -0.1) is 0 Å². The summed E-state index contributed by atoms with van der Waals surface area (Å²) in [4.78, 5) is 24.2. The van der Waals surface area contributed by atoms with Crippen LogP contribution in [0.4, 0.5) is 14.5 Å². The summed E-state index contributed by atoms with van der Waals surface area (Å²) in [7, 11) is 0. The Bertz CT molecular complexity index is 1010. The molecule has 3 aromatic carbocycles. The lowest BCUT2D eigenvalue weighted by atomic mass is 10.2. The Morgan fingerprint density at radius 3 is 2.41 bits per heavy atom. The van der Waals surface area contributed by atoms with Crippen LogP contribution >= 0.6 is 0 Å². The maximum atomic E-state index is 13.6. The highest BCUT2D eigenvalue weighted by atomic mass is 19.1. The van der Waals surface area contributed by atoms with Crippen molar-refractivity contribution in [3.8, 4) is 5.75 Å². The molecule has 0 bridgehead atoms. The lowest BCUT2D eigenvalue weighted by Crippen LogP contribution is -2.21. The summed E-state index contributed by atoms with van der Waals surface area (Å²) in [6, 6.07) is 18.5. The Hall–Kier alpha value is -3.74. The number of para-hydroxylation sites is 1. The van der Waals surface area contributed by atoms with Crippen LogP contribution in [0, 0.1) is 11.6 Å². The molecule has 0 saturated carbocycles. The summed E-state index contributed by atoms with van der Waals surface area (Å²) in [5, 5.41) is 2.16. The normalized spacial score (nSPS) is 10.3. The smallest absolute Gasteiger partial charge is 0.342 e. The number of amides is 1. The van der Waals surface area contributed by atoms with Crippen LogP contribution in [0.15, 0.2) is 72.8 Å². The predicted octanol–water partition coefficient (Wildman–Crippen LogP) is 4.34. The maximum Gasteiger partial charge on any atom is 0.342 e. The van der Waals surface area contributed by atoms with Crippen molar-refractivity contribution in [2.75, 3.05) is 11.9 Å². The molecule has 0 aliphatic carbocycles. The SMILES string of the molecule is O=C(COC(=O)c1ccccc1OCc1ccccc1)Nc1cc(F)ccc1F. The molecule has 0 unspecified atom stereocenters. The molecule has 1 N–H and O–H groups in total. The lowest BCUT2D eigenvalue weighted by Gasteiger charge is -2.11. The van der Waals surface area contributed by atoms with Gasteiger partial charge in [0.15, 0.2) is 6.61 Å². The number of ether oxygens (including phenoxy) is 2.